The Labute approximate surface area is 80.3 Å². The molecule has 0 atom stereocenters. The van der Waals surface area contributed by atoms with Gasteiger partial charge in [-0.05, 0) is 44.6 Å². The van der Waals surface area contributed by atoms with Crippen LogP contribution in [0, 0.1) is 5.41 Å². The third kappa shape index (κ3) is 1.74. The van der Waals surface area contributed by atoms with Crippen molar-refractivity contribution in [2.24, 2.45) is 5.41 Å². The molecule has 1 saturated carbocycles. The Hall–Kier alpha value is -0.110. The Bertz CT molecular complexity index is 182. The quantitative estimate of drug-likeness (QED) is 0.607. The standard InChI is InChI=1S/C11H20FN/c1-3-13-8-11(9-13)6-4-10(2,12)5-7-11/h3-9H2,1-2H3. The highest BCUT2D eigenvalue weighted by atomic mass is 19.1. The first-order chi connectivity index (χ1) is 6.05. The maximum Gasteiger partial charge on any atom is 0.108 e. The summed E-state index contributed by atoms with van der Waals surface area (Å²) in [6.07, 6.45) is 3.78. The van der Waals surface area contributed by atoms with Gasteiger partial charge in [0.2, 0.25) is 0 Å². The number of halogens is 1. The number of likely N-dealkylation sites (tertiary alicyclic amines) is 1. The van der Waals surface area contributed by atoms with Crippen LogP contribution in [0.4, 0.5) is 4.39 Å². The van der Waals surface area contributed by atoms with Gasteiger partial charge in [-0.3, -0.25) is 0 Å². The van der Waals surface area contributed by atoms with Crippen molar-refractivity contribution >= 4 is 0 Å². The molecule has 0 aromatic rings. The molecule has 0 amide bonds. The highest BCUT2D eigenvalue weighted by molar-refractivity contribution is 5.00. The molecule has 1 spiro atoms. The van der Waals surface area contributed by atoms with E-state index in [0.717, 1.165) is 32.2 Å². The van der Waals surface area contributed by atoms with Crippen LogP contribution in [0.2, 0.25) is 0 Å². The fourth-order valence-corrected chi connectivity index (χ4v) is 2.74. The van der Waals surface area contributed by atoms with Crippen LogP contribution < -0.4 is 0 Å². The van der Waals surface area contributed by atoms with E-state index >= 15 is 0 Å². The largest absolute Gasteiger partial charge is 0.302 e. The minimum Gasteiger partial charge on any atom is -0.302 e. The molecule has 1 aliphatic heterocycles. The number of hydrogen-bond donors (Lipinski definition) is 0. The summed E-state index contributed by atoms with van der Waals surface area (Å²) in [4.78, 5) is 2.46. The first-order valence-electron chi connectivity index (χ1n) is 5.47. The van der Waals surface area contributed by atoms with E-state index in [1.165, 1.54) is 13.1 Å². The molecular weight excluding hydrogens is 165 g/mol. The predicted octanol–water partition coefficient (Wildman–Crippen LogP) is 2.61. The van der Waals surface area contributed by atoms with Gasteiger partial charge in [-0.2, -0.15) is 0 Å². The summed E-state index contributed by atoms with van der Waals surface area (Å²) in [5.41, 5.74) is -0.348. The Kier molecular flexibility index (Phi) is 2.14. The SMILES string of the molecule is CCN1CC2(CCC(C)(F)CC2)C1. The first-order valence-corrected chi connectivity index (χ1v) is 5.47. The van der Waals surface area contributed by atoms with Crippen LogP contribution in [0.15, 0.2) is 0 Å². The Balaban J connectivity index is 1.86. The van der Waals surface area contributed by atoms with Gasteiger partial charge < -0.3 is 4.90 Å². The lowest BCUT2D eigenvalue weighted by atomic mass is 9.65. The molecule has 1 heterocycles. The maximum absolute atomic E-state index is 13.5. The van der Waals surface area contributed by atoms with Crippen LogP contribution in [0.25, 0.3) is 0 Å². The molecule has 2 heteroatoms. The summed E-state index contributed by atoms with van der Waals surface area (Å²) < 4.78 is 13.5. The van der Waals surface area contributed by atoms with Crippen LogP contribution in [0.5, 0.6) is 0 Å². The molecule has 0 bridgehead atoms. The summed E-state index contributed by atoms with van der Waals surface area (Å²) in [6, 6.07) is 0. The second-order valence-electron chi connectivity index (χ2n) is 5.22. The highest BCUT2D eigenvalue weighted by Crippen LogP contribution is 2.47. The lowest BCUT2D eigenvalue weighted by molar-refractivity contribution is -0.0579. The van der Waals surface area contributed by atoms with Crippen LogP contribution in [0.1, 0.15) is 39.5 Å². The summed E-state index contributed by atoms with van der Waals surface area (Å²) >= 11 is 0. The van der Waals surface area contributed by atoms with Crippen LogP contribution in [0.3, 0.4) is 0 Å². The van der Waals surface area contributed by atoms with E-state index < -0.39 is 5.67 Å². The summed E-state index contributed by atoms with van der Waals surface area (Å²) in [6.45, 7) is 7.57. The third-order valence-electron chi connectivity index (χ3n) is 3.92. The second kappa shape index (κ2) is 2.94. The lowest BCUT2D eigenvalue weighted by Gasteiger charge is -2.54. The summed E-state index contributed by atoms with van der Waals surface area (Å²) in [5, 5.41) is 0. The molecule has 0 aromatic heterocycles. The third-order valence-corrected chi connectivity index (χ3v) is 3.92. The highest BCUT2D eigenvalue weighted by Gasteiger charge is 2.47. The van der Waals surface area contributed by atoms with E-state index in [1.54, 1.807) is 6.92 Å². The monoisotopic (exact) mass is 185 g/mol. The van der Waals surface area contributed by atoms with Gasteiger partial charge in [-0.25, -0.2) is 4.39 Å². The van der Waals surface area contributed by atoms with Crippen molar-refractivity contribution in [3.63, 3.8) is 0 Å². The van der Waals surface area contributed by atoms with Gasteiger partial charge >= 0.3 is 0 Å². The number of rotatable bonds is 1. The normalized spacial score (nSPS) is 31.6. The van der Waals surface area contributed by atoms with E-state index in [9.17, 15) is 4.39 Å². The van der Waals surface area contributed by atoms with Crippen LogP contribution in [-0.4, -0.2) is 30.2 Å². The topological polar surface area (TPSA) is 3.24 Å². The first kappa shape index (κ1) is 9.45. The molecule has 2 rings (SSSR count). The summed E-state index contributed by atoms with van der Waals surface area (Å²) in [7, 11) is 0. The maximum atomic E-state index is 13.5. The van der Waals surface area contributed by atoms with E-state index in [4.69, 9.17) is 0 Å². The number of alkyl halides is 1. The zero-order chi connectivity index (χ0) is 9.53. The molecule has 1 saturated heterocycles. The molecule has 0 unspecified atom stereocenters. The van der Waals surface area contributed by atoms with Gasteiger partial charge in [-0.1, -0.05) is 6.92 Å². The average molecular weight is 185 g/mol. The van der Waals surface area contributed by atoms with Gasteiger partial charge in [0.15, 0.2) is 0 Å². The molecule has 0 radical (unpaired) electrons. The zero-order valence-corrected chi connectivity index (χ0v) is 8.77. The molecule has 2 aliphatic rings. The van der Waals surface area contributed by atoms with Crippen molar-refractivity contribution < 1.29 is 4.39 Å². The lowest BCUT2D eigenvalue weighted by Crippen LogP contribution is -2.58. The number of nitrogens with zero attached hydrogens (tertiary/aromatic N) is 1. The summed E-state index contributed by atoms with van der Waals surface area (Å²) in [5.74, 6) is 0. The van der Waals surface area contributed by atoms with Crippen molar-refractivity contribution in [1.29, 1.82) is 0 Å². The molecule has 2 fully saturated rings. The smallest absolute Gasteiger partial charge is 0.108 e. The fourth-order valence-electron chi connectivity index (χ4n) is 2.74. The van der Waals surface area contributed by atoms with Gasteiger partial charge in [0.1, 0.15) is 5.67 Å². The van der Waals surface area contributed by atoms with Crippen LogP contribution in [-0.2, 0) is 0 Å². The van der Waals surface area contributed by atoms with Gasteiger partial charge in [0.25, 0.3) is 0 Å². The second-order valence-corrected chi connectivity index (χ2v) is 5.22. The molecule has 0 N–H and O–H groups in total. The Morgan fingerprint density at radius 3 is 2.15 bits per heavy atom. The van der Waals surface area contributed by atoms with Gasteiger partial charge in [0, 0.05) is 13.1 Å². The van der Waals surface area contributed by atoms with Crippen molar-refractivity contribution in [1.82, 2.24) is 4.90 Å². The minimum atomic E-state index is -0.863. The van der Waals surface area contributed by atoms with Gasteiger partial charge in [-0.15, -0.1) is 0 Å². The molecular formula is C11H20FN. The average Bonchev–Trinajstić information content (AvgIpc) is 2.01. The number of hydrogen-bond acceptors (Lipinski definition) is 1. The van der Waals surface area contributed by atoms with E-state index in [0.29, 0.717) is 5.41 Å². The van der Waals surface area contributed by atoms with Crippen molar-refractivity contribution in [3.8, 4) is 0 Å². The molecule has 0 aromatic carbocycles. The van der Waals surface area contributed by atoms with E-state index in [2.05, 4.69) is 11.8 Å². The molecule has 13 heavy (non-hydrogen) atoms. The fraction of sp³-hybridized carbons (Fsp3) is 1.00. The molecule has 1 nitrogen and oxygen atoms in total. The Morgan fingerprint density at radius 1 is 1.15 bits per heavy atom. The van der Waals surface area contributed by atoms with E-state index in [-0.39, 0.29) is 0 Å². The van der Waals surface area contributed by atoms with Crippen molar-refractivity contribution in [2.75, 3.05) is 19.6 Å². The predicted molar refractivity (Wildman–Crippen MR) is 52.5 cm³/mol. The zero-order valence-electron chi connectivity index (χ0n) is 8.77. The molecule has 76 valence electrons. The molecule has 1 aliphatic carbocycles. The van der Waals surface area contributed by atoms with Crippen molar-refractivity contribution in [2.45, 2.75) is 45.2 Å². The Morgan fingerprint density at radius 2 is 1.69 bits per heavy atom. The van der Waals surface area contributed by atoms with Crippen LogP contribution >= 0.6 is 0 Å². The van der Waals surface area contributed by atoms with E-state index in [1.807, 2.05) is 0 Å². The van der Waals surface area contributed by atoms with Gasteiger partial charge in [0.05, 0.1) is 0 Å². The van der Waals surface area contributed by atoms with Crippen molar-refractivity contribution in [3.05, 3.63) is 0 Å². The minimum absolute atomic E-state index is 0.515.